The van der Waals surface area contributed by atoms with Crippen molar-refractivity contribution < 1.29 is 9.53 Å². The third kappa shape index (κ3) is 4.46. The summed E-state index contributed by atoms with van der Waals surface area (Å²) < 4.78 is 5.57. The van der Waals surface area contributed by atoms with E-state index in [1.165, 1.54) is 0 Å². The minimum Gasteiger partial charge on any atom is -0.492 e. The second kappa shape index (κ2) is 7.09. The van der Waals surface area contributed by atoms with Gasteiger partial charge in [-0.15, -0.1) is 0 Å². The first-order valence-electron chi connectivity index (χ1n) is 6.64. The van der Waals surface area contributed by atoms with E-state index >= 15 is 0 Å². The largest absolute Gasteiger partial charge is 0.492 e. The average molecular weight is 305 g/mol. The van der Waals surface area contributed by atoms with E-state index in [0.717, 1.165) is 11.4 Å². The second-order valence-electron chi connectivity index (χ2n) is 4.69. The number of carbonyl (C=O) groups excluding carboxylic acids is 1. The summed E-state index contributed by atoms with van der Waals surface area (Å²) in [5, 5.41) is 0.667. The van der Waals surface area contributed by atoms with Crippen LogP contribution in [0.4, 0.5) is 0 Å². The van der Waals surface area contributed by atoms with Gasteiger partial charge in [-0.05, 0) is 43.3 Å². The van der Waals surface area contributed by atoms with Gasteiger partial charge >= 0.3 is 0 Å². The number of benzene rings is 1. The van der Waals surface area contributed by atoms with Crippen molar-refractivity contribution in [3.8, 4) is 5.75 Å². The Morgan fingerprint density at radius 1 is 1.24 bits per heavy atom. The Labute approximate surface area is 129 Å². The third-order valence-electron chi connectivity index (χ3n) is 2.96. The highest BCUT2D eigenvalue weighted by atomic mass is 35.5. The minimum atomic E-state index is -0.113. The van der Waals surface area contributed by atoms with Gasteiger partial charge in [0.25, 0.3) is 5.91 Å². The minimum absolute atomic E-state index is 0.113. The first-order valence-corrected chi connectivity index (χ1v) is 7.01. The van der Waals surface area contributed by atoms with E-state index < -0.39 is 0 Å². The van der Waals surface area contributed by atoms with E-state index in [2.05, 4.69) is 4.98 Å². The molecule has 1 aromatic carbocycles. The number of aromatic nitrogens is 1. The van der Waals surface area contributed by atoms with E-state index in [1.807, 2.05) is 19.1 Å². The molecule has 0 spiro atoms. The van der Waals surface area contributed by atoms with E-state index in [9.17, 15) is 4.79 Å². The monoisotopic (exact) mass is 304 g/mol. The highest BCUT2D eigenvalue weighted by Gasteiger charge is 2.12. The van der Waals surface area contributed by atoms with E-state index in [4.69, 9.17) is 16.3 Å². The number of nitrogens with zero attached hydrogens (tertiary/aromatic N) is 2. The molecule has 0 atom stereocenters. The Kier molecular flexibility index (Phi) is 5.17. The fraction of sp³-hybridized carbons (Fsp3) is 0.250. The zero-order valence-electron chi connectivity index (χ0n) is 12.0. The standard InChI is InChI=1S/C16H17ClN2O2/c1-12-4-3-5-15(18-12)16(20)19(2)10-11-21-14-8-6-13(17)7-9-14/h3-9H,10-11H2,1-2H3. The Balaban J connectivity index is 1.85. The van der Waals surface area contributed by atoms with Gasteiger partial charge < -0.3 is 9.64 Å². The summed E-state index contributed by atoms with van der Waals surface area (Å²) >= 11 is 5.80. The number of carbonyl (C=O) groups is 1. The number of rotatable bonds is 5. The zero-order valence-corrected chi connectivity index (χ0v) is 12.8. The number of ether oxygens (including phenoxy) is 1. The molecular weight excluding hydrogens is 288 g/mol. The lowest BCUT2D eigenvalue weighted by Gasteiger charge is -2.17. The molecule has 0 saturated heterocycles. The summed E-state index contributed by atoms with van der Waals surface area (Å²) in [7, 11) is 1.73. The molecule has 2 aromatic rings. The summed E-state index contributed by atoms with van der Waals surface area (Å²) in [6.07, 6.45) is 0. The Morgan fingerprint density at radius 3 is 2.62 bits per heavy atom. The van der Waals surface area contributed by atoms with Crippen molar-refractivity contribution in [2.45, 2.75) is 6.92 Å². The number of likely N-dealkylation sites (N-methyl/N-ethyl adjacent to an activating group) is 1. The summed E-state index contributed by atoms with van der Waals surface area (Å²) in [6, 6.07) is 12.5. The Hall–Kier alpha value is -2.07. The first kappa shape index (κ1) is 15.3. The van der Waals surface area contributed by atoms with Gasteiger partial charge in [-0.1, -0.05) is 17.7 Å². The molecule has 1 heterocycles. The van der Waals surface area contributed by atoms with Gasteiger partial charge in [0, 0.05) is 17.8 Å². The van der Waals surface area contributed by atoms with Crippen LogP contribution in [0.1, 0.15) is 16.2 Å². The van der Waals surface area contributed by atoms with Crippen LogP contribution < -0.4 is 4.74 Å². The van der Waals surface area contributed by atoms with Crippen molar-refractivity contribution in [3.05, 3.63) is 58.9 Å². The van der Waals surface area contributed by atoms with Crippen molar-refractivity contribution in [3.63, 3.8) is 0 Å². The number of halogens is 1. The van der Waals surface area contributed by atoms with Crippen molar-refractivity contribution >= 4 is 17.5 Å². The van der Waals surface area contributed by atoms with Crippen LogP contribution in [-0.4, -0.2) is 36.0 Å². The van der Waals surface area contributed by atoms with E-state index in [1.54, 1.807) is 42.3 Å². The SMILES string of the molecule is Cc1cccc(C(=O)N(C)CCOc2ccc(Cl)cc2)n1. The van der Waals surface area contributed by atoms with Crippen molar-refractivity contribution in [2.75, 3.05) is 20.2 Å². The molecule has 1 aromatic heterocycles. The molecule has 0 N–H and O–H groups in total. The molecule has 2 rings (SSSR count). The van der Waals surface area contributed by atoms with Crippen LogP contribution in [0.15, 0.2) is 42.5 Å². The molecule has 0 bridgehead atoms. The second-order valence-corrected chi connectivity index (χ2v) is 5.13. The number of hydrogen-bond donors (Lipinski definition) is 0. The zero-order chi connectivity index (χ0) is 15.2. The molecular formula is C16H17ClN2O2. The molecule has 4 nitrogen and oxygen atoms in total. The molecule has 0 fully saturated rings. The van der Waals surface area contributed by atoms with Gasteiger partial charge in [-0.25, -0.2) is 4.98 Å². The maximum absolute atomic E-state index is 12.2. The molecule has 1 amide bonds. The molecule has 110 valence electrons. The van der Waals surface area contributed by atoms with Crippen LogP contribution in [-0.2, 0) is 0 Å². The molecule has 0 unspecified atom stereocenters. The van der Waals surface area contributed by atoms with Gasteiger partial charge in [0.05, 0.1) is 6.54 Å². The van der Waals surface area contributed by atoms with Crippen LogP contribution in [0.25, 0.3) is 0 Å². The van der Waals surface area contributed by atoms with Gasteiger partial charge in [0.2, 0.25) is 0 Å². The summed E-state index contributed by atoms with van der Waals surface area (Å²) in [4.78, 5) is 18.0. The number of hydrogen-bond acceptors (Lipinski definition) is 3. The number of amides is 1. The molecule has 5 heteroatoms. The molecule has 0 aliphatic heterocycles. The van der Waals surface area contributed by atoms with Gasteiger partial charge in [-0.2, -0.15) is 0 Å². The predicted molar refractivity (Wildman–Crippen MR) is 82.9 cm³/mol. The van der Waals surface area contributed by atoms with Crippen molar-refractivity contribution in [1.82, 2.24) is 9.88 Å². The average Bonchev–Trinajstić information content (AvgIpc) is 2.48. The predicted octanol–water partition coefficient (Wildman–Crippen LogP) is 3.19. The maximum atomic E-state index is 12.2. The van der Waals surface area contributed by atoms with Crippen LogP contribution >= 0.6 is 11.6 Å². The lowest BCUT2D eigenvalue weighted by atomic mass is 10.3. The quantitative estimate of drug-likeness (QED) is 0.852. The third-order valence-corrected chi connectivity index (χ3v) is 3.22. The fourth-order valence-electron chi connectivity index (χ4n) is 1.79. The summed E-state index contributed by atoms with van der Waals surface area (Å²) in [5.41, 5.74) is 1.27. The van der Waals surface area contributed by atoms with Gasteiger partial charge in [0.1, 0.15) is 18.1 Å². The van der Waals surface area contributed by atoms with E-state index in [0.29, 0.717) is 23.9 Å². The summed E-state index contributed by atoms with van der Waals surface area (Å²) in [5.74, 6) is 0.618. The van der Waals surface area contributed by atoms with Gasteiger partial charge in [-0.3, -0.25) is 4.79 Å². The molecule has 0 aliphatic rings. The van der Waals surface area contributed by atoms with Crippen LogP contribution in [0.2, 0.25) is 5.02 Å². The van der Waals surface area contributed by atoms with Crippen LogP contribution in [0.5, 0.6) is 5.75 Å². The normalized spacial score (nSPS) is 10.2. The topological polar surface area (TPSA) is 42.4 Å². The van der Waals surface area contributed by atoms with Crippen molar-refractivity contribution in [1.29, 1.82) is 0 Å². The fourth-order valence-corrected chi connectivity index (χ4v) is 1.92. The van der Waals surface area contributed by atoms with E-state index in [-0.39, 0.29) is 5.91 Å². The molecule has 0 radical (unpaired) electrons. The smallest absolute Gasteiger partial charge is 0.272 e. The van der Waals surface area contributed by atoms with Crippen LogP contribution in [0.3, 0.4) is 0 Å². The number of aryl methyl sites for hydroxylation is 1. The maximum Gasteiger partial charge on any atom is 0.272 e. The first-order chi connectivity index (χ1) is 10.1. The molecule has 0 saturated carbocycles. The van der Waals surface area contributed by atoms with Crippen LogP contribution in [0, 0.1) is 6.92 Å². The summed E-state index contributed by atoms with van der Waals surface area (Å²) in [6.45, 7) is 2.76. The molecule has 0 aliphatic carbocycles. The highest BCUT2D eigenvalue weighted by Crippen LogP contribution is 2.15. The number of pyridine rings is 1. The lowest BCUT2D eigenvalue weighted by Crippen LogP contribution is -2.31. The Bertz CT molecular complexity index is 614. The van der Waals surface area contributed by atoms with Crippen molar-refractivity contribution in [2.24, 2.45) is 0 Å². The van der Waals surface area contributed by atoms with Gasteiger partial charge in [0.15, 0.2) is 0 Å². The Morgan fingerprint density at radius 2 is 1.95 bits per heavy atom. The molecule has 21 heavy (non-hydrogen) atoms. The lowest BCUT2D eigenvalue weighted by molar-refractivity contribution is 0.0768. The highest BCUT2D eigenvalue weighted by molar-refractivity contribution is 6.30.